The maximum atomic E-state index is 12.8. The Balaban J connectivity index is 1.22. The highest BCUT2D eigenvalue weighted by Crippen LogP contribution is 2.24. The predicted octanol–water partition coefficient (Wildman–Crippen LogP) is 5.18. The summed E-state index contributed by atoms with van der Waals surface area (Å²) in [5.74, 6) is 1.00. The van der Waals surface area contributed by atoms with Crippen LogP contribution in [0.15, 0.2) is 54.6 Å². The number of benzene rings is 2. The highest BCUT2D eigenvalue weighted by atomic mass is 16.5. The molecule has 0 radical (unpaired) electrons. The fraction of sp³-hybridized carbons (Fsp3) is 0.519. The molecule has 1 aliphatic carbocycles. The molecular weight excluding hydrogens is 384 g/mol. The average Bonchev–Trinajstić information content (AvgIpc) is 2.84. The van der Waals surface area contributed by atoms with Gasteiger partial charge in [0.25, 0.3) is 5.91 Å². The Bertz CT molecular complexity index is 807. The van der Waals surface area contributed by atoms with Gasteiger partial charge in [-0.25, -0.2) is 0 Å². The summed E-state index contributed by atoms with van der Waals surface area (Å²) in [6.07, 6.45) is 9.52. The molecule has 166 valence electrons. The van der Waals surface area contributed by atoms with Crippen LogP contribution in [0.2, 0.25) is 0 Å². The first kappa shape index (κ1) is 21.9. The van der Waals surface area contributed by atoms with Crippen molar-refractivity contribution in [2.45, 2.75) is 63.5 Å². The van der Waals surface area contributed by atoms with Gasteiger partial charge >= 0.3 is 0 Å². The maximum Gasteiger partial charge on any atom is 0.253 e. The first-order chi connectivity index (χ1) is 15.2. The normalized spacial score (nSPS) is 18.6. The molecule has 0 N–H and O–H groups in total. The predicted molar refractivity (Wildman–Crippen MR) is 126 cm³/mol. The van der Waals surface area contributed by atoms with E-state index in [4.69, 9.17) is 4.74 Å². The topological polar surface area (TPSA) is 32.8 Å². The number of rotatable bonds is 7. The molecule has 1 saturated heterocycles. The molecule has 0 bridgehead atoms. The smallest absolute Gasteiger partial charge is 0.253 e. The van der Waals surface area contributed by atoms with Crippen LogP contribution < -0.4 is 4.74 Å². The summed E-state index contributed by atoms with van der Waals surface area (Å²) in [4.78, 5) is 17.3. The molecule has 4 heteroatoms. The monoisotopic (exact) mass is 420 g/mol. The molecule has 1 aliphatic heterocycles. The molecule has 0 unspecified atom stereocenters. The highest BCUT2D eigenvalue weighted by Gasteiger charge is 2.23. The maximum absolute atomic E-state index is 12.8. The SMILES string of the molecule is CN(C(=O)c1ccc(OC2CCN(CCc3ccccc3)CC2)cc1)C1CCCCC1. The summed E-state index contributed by atoms with van der Waals surface area (Å²) < 4.78 is 6.23. The second-order valence-corrected chi connectivity index (χ2v) is 9.13. The van der Waals surface area contributed by atoms with Gasteiger partial charge < -0.3 is 14.5 Å². The average molecular weight is 421 g/mol. The number of likely N-dealkylation sites (tertiary alicyclic amines) is 1. The molecule has 31 heavy (non-hydrogen) atoms. The van der Waals surface area contributed by atoms with Crippen LogP contribution in [0.25, 0.3) is 0 Å². The quantitative estimate of drug-likeness (QED) is 0.619. The Labute approximate surface area is 187 Å². The molecule has 1 heterocycles. The Morgan fingerprint density at radius 2 is 1.61 bits per heavy atom. The summed E-state index contributed by atoms with van der Waals surface area (Å²) in [5, 5.41) is 0. The van der Waals surface area contributed by atoms with E-state index in [1.807, 2.05) is 36.2 Å². The van der Waals surface area contributed by atoms with Gasteiger partial charge in [0.15, 0.2) is 0 Å². The minimum atomic E-state index is 0.130. The van der Waals surface area contributed by atoms with Gasteiger partial charge in [-0.1, -0.05) is 49.6 Å². The summed E-state index contributed by atoms with van der Waals surface area (Å²) in [6, 6.07) is 18.9. The van der Waals surface area contributed by atoms with Crippen LogP contribution in [0, 0.1) is 0 Å². The largest absolute Gasteiger partial charge is 0.490 e. The number of nitrogens with zero attached hydrogens (tertiary/aromatic N) is 2. The van der Waals surface area contributed by atoms with Gasteiger partial charge in [-0.3, -0.25) is 4.79 Å². The van der Waals surface area contributed by atoms with Crippen LogP contribution in [0.3, 0.4) is 0 Å². The van der Waals surface area contributed by atoms with E-state index in [9.17, 15) is 4.79 Å². The van der Waals surface area contributed by atoms with Crippen molar-refractivity contribution < 1.29 is 9.53 Å². The van der Waals surface area contributed by atoms with Gasteiger partial charge in [-0.05, 0) is 61.9 Å². The molecule has 0 spiro atoms. The van der Waals surface area contributed by atoms with E-state index in [1.165, 1.54) is 24.8 Å². The van der Waals surface area contributed by atoms with Gasteiger partial charge in [0.1, 0.15) is 11.9 Å². The Morgan fingerprint density at radius 3 is 2.29 bits per heavy atom. The standard InChI is InChI=1S/C27H36N2O2/c1-28(24-10-6-3-7-11-24)27(30)23-12-14-25(15-13-23)31-26-17-20-29(21-18-26)19-16-22-8-4-2-5-9-22/h2,4-5,8-9,12-15,24,26H,3,6-7,10-11,16-21H2,1H3. The Morgan fingerprint density at radius 1 is 0.935 bits per heavy atom. The van der Waals surface area contributed by atoms with Crippen LogP contribution in [0.5, 0.6) is 5.75 Å². The Hall–Kier alpha value is -2.33. The number of piperidine rings is 1. The van der Waals surface area contributed by atoms with Crippen molar-refractivity contribution in [1.29, 1.82) is 0 Å². The molecule has 1 saturated carbocycles. The fourth-order valence-corrected chi connectivity index (χ4v) is 4.89. The second kappa shape index (κ2) is 10.8. The molecule has 1 amide bonds. The van der Waals surface area contributed by atoms with E-state index in [1.54, 1.807) is 0 Å². The van der Waals surface area contributed by atoms with Crippen LogP contribution >= 0.6 is 0 Å². The summed E-state index contributed by atoms with van der Waals surface area (Å²) in [6.45, 7) is 3.28. The number of carbonyl (C=O) groups excluding carboxylic acids is 1. The fourth-order valence-electron chi connectivity index (χ4n) is 4.89. The highest BCUT2D eigenvalue weighted by molar-refractivity contribution is 5.94. The lowest BCUT2D eigenvalue weighted by Gasteiger charge is -2.32. The number of ether oxygens (including phenoxy) is 1. The van der Waals surface area contributed by atoms with Gasteiger partial charge in [-0.2, -0.15) is 0 Å². The van der Waals surface area contributed by atoms with Gasteiger partial charge in [0, 0.05) is 38.3 Å². The number of carbonyl (C=O) groups is 1. The zero-order chi connectivity index (χ0) is 21.5. The van der Waals surface area contributed by atoms with Gasteiger partial charge in [-0.15, -0.1) is 0 Å². The lowest BCUT2D eigenvalue weighted by Crippen LogP contribution is -2.39. The van der Waals surface area contributed by atoms with Crippen molar-refractivity contribution in [3.8, 4) is 5.75 Å². The zero-order valence-corrected chi connectivity index (χ0v) is 18.8. The van der Waals surface area contributed by atoms with E-state index in [-0.39, 0.29) is 12.0 Å². The minimum absolute atomic E-state index is 0.130. The van der Waals surface area contributed by atoms with Crippen molar-refractivity contribution in [3.05, 3.63) is 65.7 Å². The molecule has 2 aromatic carbocycles. The lowest BCUT2D eigenvalue weighted by atomic mass is 9.94. The molecule has 4 nitrogen and oxygen atoms in total. The molecule has 4 rings (SSSR count). The van der Waals surface area contributed by atoms with Crippen molar-refractivity contribution in [1.82, 2.24) is 9.80 Å². The number of amides is 1. The van der Waals surface area contributed by atoms with E-state index < -0.39 is 0 Å². The molecule has 0 aromatic heterocycles. The third-order valence-electron chi connectivity index (χ3n) is 6.94. The summed E-state index contributed by atoms with van der Waals surface area (Å²) in [5.41, 5.74) is 2.17. The van der Waals surface area contributed by atoms with Crippen molar-refractivity contribution >= 4 is 5.91 Å². The van der Waals surface area contributed by atoms with Crippen LogP contribution in [0.1, 0.15) is 60.9 Å². The third-order valence-corrected chi connectivity index (χ3v) is 6.94. The number of hydrogen-bond donors (Lipinski definition) is 0. The van der Waals surface area contributed by atoms with Crippen LogP contribution in [-0.4, -0.2) is 54.5 Å². The van der Waals surface area contributed by atoms with E-state index in [0.29, 0.717) is 6.04 Å². The van der Waals surface area contributed by atoms with Crippen molar-refractivity contribution in [2.75, 3.05) is 26.7 Å². The molecule has 0 atom stereocenters. The minimum Gasteiger partial charge on any atom is -0.490 e. The molecular formula is C27H36N2O2. The summed E-state index contributed by atoms with van der Waals surface area (Å²) >= 11 is 0. The van der Waals surface area contributed by atoms with Crippen LogP contribution in [-0.2, 0) is 6.42 Å². The summed E-state index contributed by atoms with van der Waals surface area (Å²) in [7, 11) is 1.95. The van der Waals surface area contributed by atoms with Gasteiger partial charge in [0.05, 0.1) is 0 Å². The van der Waals surface area contributed by atoms with E-state index >= 15 is 0 Å². The first-order valence-electron chi connectivity index (χ1n) is 12.0. The third kappa shape index (κ3) is 6.10. The lowest BCUT2D eigenvalue weighted by molar-refractivity contribution is 0.0696. The van der Waals surface area contributed by atoms with E-state index in [2.05, 4.69) is 35.2 Å². The molecule has 2 aromatic rings. The molecule has 2 fully saturated rings. The van der Waals surface area contributed by atoms with E-state index in [0.717, 1.165) is 63.1 Å². The second-order valence-electron chi connectivity index (χ2n) is 9.13. The van der Waals surface area contributed by atoms with Crippen molar-refractivity contribution in [2.24, 2.45) is 0 Å². The van der Waals surface area contributed by atoms with Crippen molar-refractivity contribution in [3.63, 3.8) is 0 Å². The Kier molecular flexibility index (Phi) is 7.63. The molecule has 2 aliphatic rings. The van der Waals surface area contributed by atoms with Gasteiger partial charge in [0.2, 0.25) is 0 Å². The zero-order valence-electron chi connectivity index (χ0n) is 18.8. The number of hydrogen-bond acceptors (Lipinski definition) is 3. The van der Waals surface area contributed by atoms with Crippen LogP contribution in [0.4, 0.5) is 0 Å². The first-order valence-corrected chi connectivity index (χ1v) is 12.0.